The Hall–Kier alpha value is -3.40. The molecule has 0 aliphatic carbocycles. The first-order valence-corrected chi connectivity index (χ1v) is 10.6. The van der Waals surface area contributed by atoms with Crippen LogP contribution in [-0.4, -0.2) is 39.9 Å². The summed E-state index contributed by atoms with van der Waals surface area (Å²) in [7, 11) is 1.59. The second-order valence-corrected chi connectivity index (χ2v) is 7.92. The fraction of sp³-hybridized carbons (Fsp3) is 0.238. The molecule has 1 aromatic heterocycles. The number of thioether (sulfide) groups is 1. The Bertz CT molecular complexity index is 1090. The Labute approximate surface area is 182 Å². The number of ether oxygens (including phenoxy) is 1. The van der Waals surface area contributed by atoms with Gasteiger partial charge >= 0.3 is 6.03 Å². The number of methoxy groups -OCH3 is 1. The number of carbonyl (C=O) groups is 2. The van der Waals surface area contributed by atoms with Crippen LogP contribution in [0, 0.1) is 5.82 Å². The molecule has 1 aliphatic rings. The number of urea groups is 1. The molecule has 2 aromatic carbocycles. The number of amides is 3. The molecule has 1 fully saturated rings. The summed E-state index contributed by atoms with van der Waals surface area (Å²) in [5.74, 6) is 1.20. The molecule has 0 radical (unpaired) electrons. The molecular weight excluding hydrogens is 421 g/mol. The first-order chi connectivity index (χ1) is 15.0. The van der Waals surface area contributed by atoms with Crippen molar-refractivity contribution in [3.05, 3.63) is 65.7 Å². The third-order valence-electron chi connectivity index (χ3n) is 4.74. The number of nitrogens with zero attached hydrogens (tertiary/aromatic N) is 3. The lowest BCUT2D eigenvalue weighted by molar-refractivity contribution is -0.121. The van der Waals surface area contributed by atoms with Crippen LogP contribution < -0.4 is 15.4 Å². The van der Waals surface area contributed by atoms with E-state index in [1.165, 1.54) is 23.9 Å². The van der Waals surface area contributed by atoms with Crippen molar-refractivity contribution < 1.29 is 18.7 Å². The third-order valence-corrected chi connectivity index (χ3v) is 5.74. The Morgan fingerprint density at radius 1 is 1.19 bits per heavy atom. The normalized spacial score (nSPS) is 16.0. The summed E-state index contributed by atoms with van der Waals surface area (Å²) in [5.41, 5.74) is 1.64. The molecule has 3 amide bonds. The minimum Gasteiger partial charge on any atom is -0.497 e. The summed E-state index contributed by atoms with van der Waals surface area (Å²) in [4.78, 5) is 23.4. The van der Waals surface area contributed by atoms with Gasteiger partial charge in [-0.3, -0.25) is 14.7 Å². The smallest absolute Gasteiger partial charge is 0.321 e. The average molecular weight is 441 g/mol. The second-order valence-electron chi connectivity index (χ2n) is 6.98. The fourth-order valence-corrected chi connectivity index (χ4v) is 4.22. The predicted octanol–water partition coefficient (Wildman–Crippen LogP) is 2.85. The van der Waals surface area contributed by atoms with E-state index < -0.39 is 6.03 Å². The predicted molar refractivity (Wildman–Crippen MR) is 113 cm³/mol. The van der Waals surface area contributed by atoms with E-state index in [9.17, 15) is 14.0 Å². The van der Waals surface area contributed by atoms with E-state index >= 15 is 0 Å². The van der Waals surface area contributed by atoms with Crippen molar-refractivity contribution in [2.24, 2.45) is 0 Å². The minimum atomic E-state index is -0.516. The number of nitrogens with one attached hydrogen (secondary N) is 2. The number of benzene rings is 2. The molecule has 8 nitrogen and oxygen atoms in total. The van der Waals surface area contributed by atoms with Gasteiger partial charge in [0, 0.05) is 30.3 Å². The molecule has 1 aliphatic heterocycles. The van der Waals surface area contributed by atoms with Crippen molar-refractivity contribution >= 4 is 23.7 Å². The van der Waals surface area contributed by atoms with E-state index in [1.54, 1.807) is 13.2 Å². The number of carbonyl (C=O) groups excluding carboxylic acids is 2. The van der Waals surface area contributed by atoms with E-state index in [2.05, 4.69) is 20.8 Å². The lowest BCUT2D eigenvalue weighted by atomic mass is 10.1. The van der Waals surface area contributed by atoms with E-state index in [1.807, 2.05) is 34.9 Å². The zero-order chi connectivity index (χ0) is 21.8. The Balaban J connectivity index is 1.62. The topological polar surface area (TPSA) is 98.1 Å². The summed E-state index contributed by atoms with van der Waals surface area (Å²) in [5, 5.41) is 14.2. The van der Waals surface area contributed by atoms with Crippen LogP contribution in [0.4, 0.5) is 9.18 Å². The molecule has 31 heavy (non-hydrogen) atoms. The SMILES string of the molecule is COc1ccc(-n2c(CC3CC(=O)NC(=O)N3)nnc2SCc2cccc(F)c2)cc1. The molecular formula is C21H20FN5O3S. The molecule has 4 rings (SSSR count). The van der Waals surface area contributed by atoms with Gasteiger partial charge in [-0.05, 0) is 42.0 Å². The zero-order valence-corrected chi connectivity index (χ0v) is 17.5. The highest BCUT2D eigenvalue weighted by Gasteiger charge is 2.26. The molecule has 1 saturated heterocycles. The first kappa shape index (κ1) is 20.9. The molecule has 1 atom stereocenters. The maximum Gasteiger partial charge on any atom is 0.321 e. The fourth-order valence-electron chi connectivity index (χ4n) is 3.31. The van der Waals surface area contributed by atoms with Gasteiger partial charge in [0.15, 0.2) is 5.16 Å². The molecule has 0 saturated carbocycles. The highest BCUT2D eigenvalue weighted by atomic mass is 32.2. The molecule has 10 heteroatoms. The van der Waals surface area contributed by atoms with E-state index in [-0.39, 0.29) is 24.2 Å². The Kier molecular flexibility index (Phi) is 6.17. The number of hydrogen-bond donors (Lipinski definition) is 2. The maximum absolute atomic E-state index is 13.5. The van der Waals surface area contributed by atoms with Gasteiger partial charge in [0.1, 0.15) is 17.4 Å². The molecule has 160 valence electrons. The molecule has 0 bridgehead atoms. The van der Waals surface area contributed by atoms with Crippen LogP contribution in [0.3, 0.4) is 0 Å². The molecule has 1 unspecified atom stereocenters. The van der Waals surface area contributed by atoms with Crippen LogP contribution in [0.1, 0.15) is 17.8 Å². The van der Waals surface area contributed by atoms with Gasteiger partial charge in [-0.25, -0.2) is 9.18 Å². The lowest BCUT2D eigenvalue weighted by Gasteiger charge is -2.23. The van der Waals surface area contributed by atoms with Crippen LogP contribution in [0.25, 0.3) is 5.69 Å². The van der Waals surface area contributed by atoms with Gasteiger partial charge in [0.25, 0.3) is 0 Å². The van der Waals surface area contributed by atoms with Crippen LogP contribution in [0.2, 0.25) is 0 Å². The van der Waals surface area contributed by atoms with E-state index in [0.29, 0.717) is 28.9 Å². The highest BCUT2D eigenvalue weighted by Crippen LogP contribution is 2.27. The Morgan fingerprint density at radius 3 is 2.71 bits per heavy atom. The quantitative estimate of drug-likeness (QED) is 0.547. The number of aromatic nitrogens is 3. The number of hydrogen-bond acceptors (Lipinski definition) is 6. The highest BCUT2D eigenvalue weighted by molar-refractivity contribution is 7.98. The third kappa shape index (κ3) is 5.02. The molecule has 0 spiro atoms. The van der Waals surface area contributed by atoms with Gasteiger partial charge in [-0.2, -0.15) is 0 Å². The van der Waals surface area contributed by atoms with Crippen LogP contribution in [0.5, 0.6) is 5.75 Å². The average Bonchev–Trinajstić information content (AvgIpc) is 3.14. The summed E-state index contributed by atoms with van der Waals surface area (Å²) >= 11 is 1.42. The monoisotopic (exact) mass is 441 g/mol. The van der Waals surface area contributed by atoms with Crippen LogP contribution >= 0.6 is 11.8 Å². The van der Waals surface area contributed by atoms with Gasteiger partial charge in [0.2, 0.25) is 5.91 Å². The number of halogens is 1. The van der Waals surface area contributed by atoms with Crippen LogP contribution in [-0.2, 0) is 17.0 Å². The van der Waals surface area contributed by atoms with Crippen molar-refractivity contribution in [3.8, 4) is 11.4 Å². The van der Waals surface area contributed by atoms with Crippen molar-refractivity contribution in [3.63, 3.8) is 0 Å². The van der Waals surface area contributed by atoms with Gasteiger partial charge in [-0.1, -0.05) is 23.9 Å². The van der Waals surface area contributed by atoms with Crippen molar-refractivity contribution in [1.29, 1.82) is 0 Å². The molecule has 2 heterocycles. The van der Waals surface area contributed by atoms with Crippen LogP contribution in [0.15, 0.2) is 53.7 Å². The largest absolute Gasteiger partial charge is 0.497 e. The Morgan fingerprint density at radius 2 is 2.00 bits per heavy atom. The first-order valence-electron chi connectivity index (χ1n) is 9.58. The number of imide groups is 1. The second kappa shape index (κ2) is 9.17. The van der Waals surface area contributed by atoms with Gasteiger partial charge < -0.3 is 10.1 Å². The molecule has 2 N–H and O–H groups in total. The lowest BCUT2D eigenvalue weighted by Crippen LogP contribution is -2.53. The summed E-state index contributed by atoms with van der Waals surface area (Å²) in [6, 6.07) is 12.9. The van der Waals surface area contributed by atoms with E-state index in [0.717, 1.165) is 11.3 Å². The summed E-state index contributed by atoms with van der Waals surface area (Å²) in [6.07, 6.45) is 0.492. The van der Waals surface area contributed by atoms with Crippen molar-refractivity contribution in [1.82, 2.24) is 25.4 Å². The summed E-state index contributed by atoms with van der Waals surface area (Å²) < 4.78 is 20.6. The maximum atomic E-state index is 13.5. The summed E-state index contributed by atoms with van der Waals surface area (Å²) in [6.45, 7) is 0. The zero-order valence-electron chi connectivity index (χ0n) is 16.7. The standard InChI is InChI=1S/C21H20FN5O3S/c1-30-17-7-5-16(6-8-17)27-18(10-15-11-19(28)24-20(29)23-15)25-26-21(27)31-12-13-3-2-4-14(22)9-13/h2-9,15H,10-12H2,1H3,(H2,23,24,28,29). The van der Waals surface area contributed by atoms with Gasteiger partial charge in [-0.15, -0.1) is 10.2 Å². The van der Waals surface area contributed by atoms with E-state index in [4.69, 9.17) is 4.74 Å². The minimum absolute atomic E-state index is 0.160. The van der Waals surface area contributed by atoms with Crippen molar-refractivity contribution in [2.45, 2.75) is 29.8 Å². The molecule has 3 aromatic rings. The van der Waals surface area contributed by atoms with Crippen molar-refractivity contribution in [2.75, 3.05) is 7.11 Å². The number of rotatable bonds is 7. The van der Waals surface area contributed by atoms with Gasteiger partial charge in [0.05, 0.1) is 7.11 Å².